The van der Waals surface area contributed by atoms with Crippen LogP contribution in [-0.2, 0) is 11.3 Å². The van der Waals surface area contributed by atoms with E-state index in [-0.39, 0.29) is 6.10 Å². The van der Waals surface area contributed by atoms with E-state index in [0.29, 0.717) is 6.10 Å². The van der Waals surface area contributed by atoms with E-state index in [9.17, 15) is 0 Å². The maximum Gasteiger partial charge on any atom is 0.0674 e. The molecule has 80 valence electrons. The van der Waals surface area contributed by atoms with Gasteiger partial charge in [0.1, 0.15) is 0 Å². The van der Waals surface area contributed by atoms with Gasteiger partial charge in [-0.3, -0.25) is 0 Å². The van der Waals surface area contributed by atoms with Gasteiger partial charge in [-0.25, -0.2) is 0 Å². The molecule has 3 heteroatoms. The molecule has 1 heterocycles. The molecule has 1 rings (SSSR count). The van der Waals surface area contributed by atoms with Gasteiger partial charge in [0.25, 0.3) is 0 Å². The van der Waals surface area contributed by atoms with Crippen LogP contribution in [0.1, 0.15) is 25.6 Å². The summed E-state index contributed by atoms with van der Waals surface area (Å²) in [6.07, 6.45) is 0.600. The zero-order valence-electron chi connectivity index (χ0n) is 9.12. The van der Waals surface area contributed by atoms with Gasteiger partial charge in [-0.05, 0) is 32.2 Å². The molecular formula is C11H19NOS. The fourth-order valence-electron chi connectivity index (χ4n) is 1.32. The van der Waals surface area contributed by atoms with Gasteiger partial charge in [0.05, 0.1) is 12.2 Å². The number of hydrogen-bond acceptors (Lipinski definition) is 3. The highest BCUT2D eigenvalue weighted by Gasteiger charge is 2.03. The van der Waals surface area contributed by atoms with Crippen molar-refractivity contribution in [2.75, 3.05) is 6.54 Å². The standard InChI is InChI=1S/C11H19NOS/c1-9(2)13-10(3)7-12-8-11-5-4-6-14-11/h4-6,9-10,12H,7-8H2,1-3H3. The Hall–Kier alpha value is -0.380. The Bertz CT molecular complexity index is 233. The Balaban J connectivity index is 2.09. The minimum Gasteiger partial charge on any atom is -0.375 e. The minimum absolute atomic E-state index is 0.287. The van der Waals surface area contributed by atoms with Crippen LogP contribution in [0.25, 0.3) is 0 Å². The summed E-state index contributed by atoms with van der Waals surface area (Å²) in [5.74, 6) is 0. The monoisotopic (exact) mass is 213 g/mol. The summed E-state index contributed by atoms with van der Waals surface area (Å²) in [5.41, 5.74) is 0. The van der Waals surface area contributed by atoms with Crippen LogP contribution in [0.3, 0.4) is 0 Å². The highest BCUT2D eigenvalue weighted by Crippen LogP contribution is 2.07. The van der Waals surface area contributed by atoms with E-state index in [4.69, 9.17) is 4.74 Å². The second-order valence-corrected chi connectivity index (χ2v) is 4.74. The third-order valence-electron chi connectivity index (χ3n) is 1.82. The first-order valence-electron chi connectivity index (χ1n) is 5.07. The smallest absolute Gasteiger partial charge is 0.0674 e. The molecule has 1 N–H and O–H groups in total. The largest absolute Gasteiger partial charge is 0.375 e. The van der Waals surface area contributed by atoms with Gasteiger partial charge in [-0.2, -0.15) is 0 Å². The van der Waals surface area contributed by atoms with Crippen molar-refractivity contribution >= 4 is 11.3 Å². The lowest BCUT2D eigenvalue weighted by molar-refractivity contribution is 0.0194. The van der Waals surface area contributed by atoms with Crippen LogP contribution in [0.4, 0.5) is 0 Å². The fraction of sp³-hybridized carbons (Fsp3) is 0.636. The van der Waals surface area contributed by atoms with Crippen LogP contribution < -0.4 is 5.32 Å². The molecule has 1 aromatic rings. The Morgan fingerprint density at radius 3 is 2.79 bits per heavy atom. The third kappa shape index (κ3) is 4.74. The molecule has 0 aromatic carbocycles. The van der Waals surface area contributed by atoms with Crippen LogP contribution in [0.2, 0.25) is 0 Å². The van der Waals surface area contributed by atoms with E-state index >= 15 is 0 Å². The second-order valence-electron chi connectivity index (χ2n) is 3.71. The maximum atomic E-state index is 5.61. The molecule has 14 heavy (non-hydrogen) atoms. The average Bonchev–Trinajstić information content (AvgIpc) is 2.55. The number of rotatable bonds is 6. The summed E-state index contributed by atoms with van der Waals surface area (Å²) in [6, 6.07) is 4.22. The van der Waals surface area contributed by atoms with Gasteiger partial charge in [-0.15, -0.1) is 11.3 Å². The molecule has 0 aliphatic heterocycles. The van der Waals surface area contributed by atoms with Crippen LogP contribution in [0.15, 0.2) is 17.5 Å². The highest BCUT2D eigenvalue weighted by atomic mass is 32.1. The molecule has 0 radical (unpaired) electrons. The van der Waals surface area contributed by atoms with Gasteiger partial charge >= 0.3 is 0 Å². The lowest BCUT2D eigenvalue weighted by atomic mass is 10.3. The van der Waals surface area contributed by atoms with Crippen molar-refractivity contribution in [1.82, 2.24) is 5.32 Å². The van der Waals surface area contributed by atoms with E-state index in [2.05, 4.69) is 43.6 Å². The lowest BCUT2D eigenvalue weighted by Gasteiger charge is -2.16. The molecule has 0 saturated carbocycles. The van der Waals surface area contributed by atoms with Crippen LogP contribution in [0.5, 0.6) is 0 Å². The van der Waals surface area contributed by atoms with Crippen molar-refractivity contribution in [2.45, 2.75) is 39.5 Å². The molecule has 0 aliphatic rings. The second kappa shape index (κ2) is 6.17. The molecule has 0 amide bonds. The van der Waals surface area contributed by atoms with Gasteiger partial charge in [0, 0.05) is 18.0 Å². The Morgan fingerprint density at radius 2 is 2.21 bits per heavy atom. The first-order valence-corrected chi connectivity index (χ1v) is 5.95. The summed E-state index contributed by atoms with van der Waals surface area (Å²) in [7, 11) is 0. The molecule has 0 aliphatic carbocycles. The Morgan fingerprint density at radius 1 is 1.43 bits per heavy atom. The third-order valence-corrected chi connectivity index (χ3v) is 2.69. The van der Waals surface area contributed by atoms with Crippen molar-refractivity contribution in [3.63, 3.8) is 0 Å². The van der Waals surface area contributed by atoms with E-state index in [1.807, 2.05) is 0 Å². The summed E-state index contributed by atoms with van der Waals surface area (Å²) in [4.78, 5) is 1.38. The zero-order valence-corrected chi connectivity index (χ0v) is 9.93. The first-order chi connectivity index (χ1) is 6.68. The van der Waals surface area contributed by atoms with Gasteiger partial charge in [-0.1, -0.05) is 6.07 Å². The zero-order chi connectivity index (χ0) is 10.4. The predicted molar refractivity (Wildman–Crippen MR) is 61.7 cm³/mol. The summed E-state index contributed by atoms with van der Waals surface area (Å²) in [5, 5.41) is 5.48. The van der Waals surface area contributed by atoms with E-state index in [1.54, 1.807) is 11.3 Å². The molecule has 0 saturated heterocycles. The van der Waals surface area contributed by atoms with Crippen molar-refractivity contribution < 1.29 is 4.74 Å². The number of nitrogens with one attached hydrogen (secondary N) is 1. The molecule has 1 aromatic heterocycles. The van der Waals surface area contributed by atoms with Gasteiger partial charge < -0.3 is 10.1 Å². The molecule has 1 atom stereocenters. The highest BCUT2D eigenvalue weighted by molar-refractivity contribution is 7.09. The van der Waals surface area contributed by atoms with Gasteiger partial charge in [0.2, 0.25) is 0 Å². The Kier molecular flexibility index (Phi) is 5.15. The van der Waals surface area contributed by atoms with Crippen molar-refractivity contribution in [2.24, 2.45) is 0 Å². The minimum atomic E-state index is 0.287. The molecular weight excluding hydrogens is 194 g/mol. The number of hydrogen-bond donors (Lipinski definition) is 1. The first kappa shape index (κ1) is 11.7. The number of thiophene rings is 1. The molecule has 2 nitrogen and oxygen atoms in total. The van der Waals surface area contributed by atoms with E-state index in [1.165, 1.54) is 4.88 Å². The predicted octanol–water partition coefficient (Wildman–Crippen LogP) is 2.65. The lowest BCUT2D eigenvalue weighted by Crippen LogP contribution is -2.28. The van der Waals surface area contributed by atoms with Crippen molar-refractivity contribution in [3.8, 4) is 0 Å². The van der Waals surface area contributed by atoms with Gasteiger partial charge in [0.15, 0.2) is 0 Å². The maximum absolute atomic E-state index is 5.61. The van der Waals surface area contributed by atoms with Crippen molar-refractivity contribution in [3.05, 3.63) is 22.4 Å². The molecule has 1 unspecified atom stereocenters. The van der Waals surface area contributed by atoms with E-state index in [0.717, 1.165) is 13.1 Å². The van der Waals surface area contributed by atoms with Crippen LogP contribution in [-0.4, -0.2) is 18.8 Å². The molecule has 0 bridgehead atoms. The molecule has 0 fully saturated rings. The fourth-order valence-corrected chi connectivity index (χ4v) is 2.00. The van der Waals surface area contributed by atoms with Crippen LogP contribution >= 0.6 is 11.3 Å². The topological polar surface area (TPSA) is 21.3 Å². The van der Waals surface area contributed by atoms with Crippen LogP contribution in [0, 0.1) is 0 Å². The molecule has 0 spiro atoms. The van der Waals surface area contributed by atoms with E-state index < -0.39 is 0 Å². The summed E-state index contributed by atoms with van der Waals surface area (Å²) < 4.78 is 5.61. The van der Waals surface area contributed by atoms with Crippen molar-refractivity contribution in [1.29, 1.82) is 0 Å². The number of ether oxygens (including phenoxy) is 1. The average molecular weight is 213 g/mol. The summed E-state index contributed by atoms with van der Waals surface area (Å²) in [6.45, 7) is 8.09. The normalized spacial score (nSPS) is 13.4. The SMILES string of the molecule is CC(C)OC(C)CNCc1cccs1. The summed E-state index contributed by atoms with van der Waals surface area (Å²) >= 11 is 1.79. The Labute approximate surface area is 90.3 Å². The quantitative estimate of drug-likeness (QED) is 0.784.